The van der Waals surface area contributed by atoms with Gasteiger partial charge < -0.3 is 14.8 Å². The first-order valence-electron chi connectivity index (χ1n) is 11.2. The van der Waals surface area contributed by atoms with Crippen LogP contribution in [0.1, 0.15) is 30.0 Å². The molecule has 34 heavy (non-hydrogen) atoms. The van der Waals surface area contributed by atoms with Crippen molar-refractivity contribution in [3.8, 4) is 17.6 Å². The minimum absolute atomic E-state index is 0.0389. The third-order valence-electron chi connectivity index (χ3n) is 5.02. The maximum atomic E-state index is 12.5. The Kier molecular flexibility index (Phi) is 9.57. The molecule has 0 heterocycles. The van der Waals surface area contributed by atoms with Gasteiger partial charge >= 0.3 is 0 Å². The number of halogens is 1. The Morgan fingerprint density at radius 1 is 1.00 bits per heavy atom. The summed E-state index contributed by atoms with van der Waals surface area (Å²) in [6, 6.07) is 24.8. The minimum atomic E-state index is -0.392. The number of carbonyl (C=O) groups is 1. The first kappa shape index (κ1) is 24.9. The Bertz CT molecular complexity index is 1150. The lowest BCUT2D eigenvalue weighted by atomic mass is 10.1. The number of nitrogens with one attached hydrogen (secondary N) is 1. The van der Waals surface area contributed by atoms with Crippen molar-refractivity contribution in [2.45, 2.75) is 26.4 Å². The third kappa shape index (κ3) is 7.68. The standard InChI is InChI=1S/C28H27ClN2O3/c1-2-33-27-18-23(12-15-26(27)34-20-22-10-13-25(29)14-11-22)17-24(19-30)28(32)31-16-6-9-21-7-4-3-5-8-21/h3-5,7-8,10-15,17-18H,2,6,9,16,20H2,1H3,(H,31,32)/b24-17-. The fourth-order valence-electron chi connectivity index (χ4n) is 3.29. The van der Waals surface area contributed by atoms with Gasteiger partial charge in [-0.1, -0.05) is 60.1 Å². The van der Waals surface area contributed by atoms with E-state index in [9.17, 15) is 10.1 Å². The summed E-state index contributed by atoms with van der Waals surface area (Å²) in [6.07, 6.45) is 3.21. The molecule has 0 atom stereocenters. The molecule has 0 saturated carbocycles. The van der Waals surface area contributed by atoms with Crippen LogP contribution in [0.25, 0.3) is 6.08 Å². The van der Waals surface area contributed by atoms with Gasteiger partial charge in [0.05, 0.1) is 6.61 Å². The number of nitrogens with zero attached hydrogens (tertiary/aromatic N) is 1. The van der Waals surface area contributed by atoms with E-state index in [-0.39, 0.29) is 5.57 Å². The molecule has 6 heteroatoms. The zero-order valence-corrected chi connectivity index (χ0v) is 19.8. The van der Waals surface area contributed by atoms with Gasteiger partial charge in [-0.3, -0.25) is 4.79 Å². The number of nitriles is 1. The van der Waals surface area contributed by atoms with Gasteiger partial charge in [0, 0.05) is 11.6 Å². The quantitative estimate of drug-likeness (QED) is 0.211. The van der Waals surface area contributed by atoms with Crippen LogP contribution in [0.4, 0.5) is 0 Å². The molecule has 3 rings (SSSR count). The second kappa shape index (κ2) is 13.1. The summed E-state index contributed by atoms with van der Waals surface area (Å²) in [7, 11) is 0. The summed E-state index contributed by atoms with van der Waals surface area (Å²) in [4.78, 5) is 12.5. The smallest absolute Gasteiger partial charge is 0.261 e. The van der Waals surface area contributed by atoms with Crippen LogP contribution in [-0.4, -0.2) is 19.1 Å². The second-order valence-corrected chi connectivity index (χ2v) is 8.01. The van der Waals surface area contributed by atoms with Crippen LogP contribution >= 0.6 is 11.6 Å². The predicted molar refractivity (Wildman–Crippen MR) is 135 cm³/mol. The van der Waals surface area contributed by atoms with E-state index in [1.54, 1.807) is 24.3 Å². The molecule has 5 nitrogen and oxygen atoms in total. The van der Waals surface area contributed by atoms with Crippen LogP contribution in [0.15, 0.2) is 78.4 Å². The van der Waals surface area contributed by atoms with E-state index in [2.05, 4.69) is 17.4 Å². The Balaban J connectivity index is 1.62. The molecule has 0 bridgehead atoms. The normalized spacial score (nSPS) is 10.9. The van der Waals surface area contributed by atoms with Crippen molar-refractivity contribution in [1.82, 2.24) is 5.32 Å². The number of amides is 1. The average molecular weight is 475 g/mol. The molecule has 0 radical (unpaired) electrons. The van der Waals surface area contributed by atoms with Gasteiger partial charge in [0.15, 0.2) is 11.5 Å². The van der Waals surface area contributed by atoms with Gasteiger partial charge in [0.25, 0.3) is 5.91 Å². The van der Waals surface area contributed by atoms with Crippen LogP contribution in [0.5, 0.6) is 11.5 Å². The molecule has 0 unspecified atom stereocenters. The molecule has 1 N–H and O–H groups in total. The molecule has 0 aromatic heterocycles. The van der Waals surface area contributed by atoms with Crippen LogP contribution < -0.4 is 14.8 Å². The Morgan fingerprint density at radius 2 is 1.76 bits per heavy atom. The summed E-state index contributed by atoms with van der Waals surface area (Å²) in [6.45, 7) is 3.20. The average Bonchev–Trinajstić information content (AvgIpc) is 2.86. The van der Waals surface area contributed by atoms with Crippen molar-refractivity contribution in [2.24, 2.45) is 0 Å². The minimum Gasteiger partial charge on any atom is -0.490 e. The summed E-state index contributed by atoms with van der Waals surface area (Å²) in [5.41, 5.74) is 2.91. The molecule has 0 aliphatic carbocycles. The Hall–Kier alpha value is -3.75. The fraction of sp³-hybridized carbons (Fsp3) is 0.214. The number of aryl methyl sites for hydroxylation is 1. The largest absolute Gasteiger partial charge is 0.490 e. The van der Waals surface area contributed by atoms with Crippen molar-refractivity contribution in [1.29, 1.82) is 5.26 Å². The zero-order valence-electron chi connectivity index (χ0n) is 19.1. The van der Waals surface area contributed by atoms with E-state index in [4.69, 9.17) is 21.1 Å². The highest BCUT2D eigenvalue weighted by molar-refractivity contribution is 6.30. The number of rotatable bonds is 11. The highest BCUT2D eigenvalue weighted by Gasteiger charge is 2.11. The van der Waals surface area contributed by atoms with Gasteiger partial charge in [0.2, 0.25) is 0 Å². The topological polar surface area (TPSA) is 71.3 Å². The molecule has 174 valence electrons. The van der Waals surface area contributed by atoms with Crippen LogP contribution in [0.3, 0.4) is 0 Å². The maximum Gasteiger partial charge on any atom is 0.261 e. The van der Waals surface area contributed by atoms with Gasteiger partial charge in [-0.05, 0) is 66.8 Å². The number of hydrogen-bond donors (Lipinski definition) is 1. The molecule has 0 aliphatic heterocycles. The van der Waals surface area contributed by atoms with Gasteiger partial charge in [0.1, 0.15) is 18.2 Å². The van der Waals surface area contributed by atoms with Gasteiger partial charge in [-0.15, -0.1) is 0 Å². The molecular weight excluding hydrogens is 448 g/mol. The molecule has 0 saturated heterocycles. The Morgan fingerprint density at radius 3 is 2.47 bits per heavy atom. The third-order valence-corrected chi connectivity index (χ3v) is 5.27. The van der Waals surface area contributed by atoms with Gasteiger partial charge in [-0.25, -0.2) is 0 Å². The molecule has 1 amide bonds. The van der Waals surface area contributed by atoms with E-state index in [0.717, 1.165) is 18.4 Å². The van der Waals surface area contributed by atoms with Crippen molar-refractivity contribution < 1.29 is 14.3 Å². The summed E-state index contributed by atoms with van der Waals surface area (Å²) in [5, 5.41) is 13.0. The van der Waals surface area contributed by atoms with Gasteiger partial charge in [-0.2, -0.15) is 5.26 Å². The summed E-state index contributed by atoms with van der Waals surface area (Å²) in [5.74, 6) is 0.736. The lowest BCUT2D eigenvalue weighted by molar-refractivity contribution is -0.117. The molecule has 3 aromatic rings. The monoisotopic (exact) mass is 474 g/mol. The van der Waals surface area contributed by atoms with Crippen molar-refractivity contribution >= 4 is 23.6 Å². The number of benzene rings is 3. The first-order chi connectivity index (χ1) is 16.6. The number of ether oxygens (including phenoxy) is 2. The van der Waals surface area contributed by atoms with E-state index in [1.807, 2.05) is 55.5 Å². The van der Waals surface area contributed by atoms with Crippen LogP contribution in [0, 0.1) is 11.3 Å². The van der Waals surface area contributed by atoms with Crippen molar-refractivity contribution in [2.75, 3.05) is 13.2 Å². The number of hydrogen-bond acceptors (Lipinski definition) is 4. The fourth-order valence-corrected chi connectivity index (χ4v) is 3.42. The number of carbonyl (C=O) groups excluding carboxylic acids is 1. The van der Waals surface area contributed by atoms with E-state index in [0.29, 0.717) is 41.8 Å². The summed E-state index contributed by atoms with van der Waals surface area (Å²) < 4.78 is 11.6. The predicted octanol–water partition coefficient (Wildman–Crippen LogP) is 5.97. The molecule has 3 aromatic carbocycles. The lowest BCUT2D eigenvalue weighted by Gasteiger charge is -2.13. The lowest BCUT2D eigenvalue weighted by Crippen LogP contribution is -2.25. The SMILES string of the molecule is CCOc1cc(/C=C(/C#N)C(=O)NCCCc2ccccc2)ccc1OCc1ccc(Cl)cc1. The maximum absolute atomic E-state index is 12.5. The summed E-state index contributed by atoms with van der Waals surface area (Å²) >= 11 is 5.93. The second-order valence-electron chi connectivity index (χ2n) is 7.57. The van der Waals surface area contributed by atoms with Crippen LogP contribution in [0.2, 0.25) is 5.02 Å². The first-order valence-corrected chi connectivity index (χ1v) is 11.5. The highest BCUT2D eigenvalue weighted by atomic mass is 35.5. The molecule has 0 fully saturated rings. The molecular formula is C28H27ClN2O3. The van der Waals surface area contributed by atoms with Crippen molar-refractivity contribution in [3.05, 3.63) is 100 Å². The Labute approximate surface area is 205 Å². The van der Waals surface area contributed by atoms with Crippen LogP contribution in [-0.2, 0) is 17.8 Å². The van der Waals surface area contributed by atoms with E-state index < -0.39 is 5.91 Å². The zero-order chi connectivity index (χ0) is 24.2. The molecule has 0 spiro atoms. The van der Waals surface area contributed by atoms with E-state index in [1.165, 1.54) is 5.56 Å². The molecule has 0 aliphatic rings. The highest BCUT2D eigenvalue weighted by Crippen LogP contribution is 2.30. The van der Waals surface area contributed by atoms with E-state index >= 15 is 0 Å². The van der Waals surface area contributed by atoms with Crippen molar-refractivity contribution in [3.63, 3.8) is 0 Å².